The average Bonchev–Trinajstić information content (AvgIpc) is 2.68. The van der Waals surface area contributed by atoms with Crippen LogP contribution < -0.4 is 4.90 Å². The van der Waals surface area contributed by atoms with E-state index in [0.717, 1.165) is 12.5 Å². The van der Waals surface area contributed by atoms with Gasteiger partial charge in [-0.15, -0.1) is 0 Å². The van der Waals surface area contributed by atoms with Gasteiger partial charge in [-0.3, -0.25) is 0 Å². The molecule has 1 saturated heterocycles. The molecular weight excluding hydrogens is 194 g/mol. The zero-order valence-electron chi connectivity index (χ0n) is 8.39. The van der Waals surface area contributed by atoms with E-state index >= 15 is 0 Å². The molecule has 0 aliphatic carbocycles. The van der Waals surface area contributed by atoms with Gasteiger partial charge in [-0.2, -0.15) is 11.8 Å². The SMILES string of the molecule is CSCC1CCCN1c1ncccn1. The summed E-state index contributed by atoms with van der Waals surface area (Å²) in [4.78, 5) is 10.9. The maximum Gasteiger partial charge on any atom is 0.225 e. The topological polar surface area (TPSA) is 29.0 Å². The van der Waals surface area contributed by atoms with Gasteiger partial charge in [0.15, 0.2) is 0 Å². The largest absolute Gasteiger partial charge is 0.337 e. The second kappa shape index (κ2) is 4.64. The van der Waals surface area contributed by atoms with Gasteiger partial charge in [0, 0.05) is 30.7 Å². The number of hydrogen-bond donors (Lipinski definition) is 0. The van der Waals surface area contributed by atoms with Gasteiger partial charge in [-0.05, 0) is 25.2 Å². The fourth-order valence-electron chi connectivity index (χ4n) is 1.90. The fraction of sp³-hybridized carbons (Fsp3) is 0.600. The van der Waals surface area contributed by atoms with Gasteiger partial charge < -0.3 is 4.90 Å². The molecule has 1 aliphatic heterocycles. The van der Waals surface area contributed by atoms with Crippen LogP contribution in [-0.4, -0.2) is 34.6 Å². The fourth-order valence-corrected chi connectivity index (χ4v) is 2.64. The maximum atomic E-state index is 4.30. The van der Waals surface area contributed by atoms with Crippen molar-refractivity contribution in [2.75, 3.05) is 23.5 Å². The average molecular weight is 209 g/mol. The van der Waals surface area contributed by atoms with Crippen LogP contribution in [-0.2, 0) is 0 Å². The van der Waals surface area contributed by atoms with Crippen LogP contribution in [0.25, 0.3) is 0 Å². The molecule has 0 saturated carbocycles. The van der Waals surface area contributed by atoms with Crippen LogP contribution >= 0.6 is 11.8 Å². The predicted octanol–water partition coefficient (Wildman–Crippen LogP) is 1.81. The molecule has 0 aromatic carbocycles. The predicted molar refractivity (Wildman–Crippen MR) is 60.8 cm³/mol. The summed E-state index contributed by atoms with van der Waals surface area (Å²) >= 11 is 1.90. The zero-order chi connectivity index (χ0) is 9.80. The molecule has 1 aromatic rings. The summed E-state index contributed by atoms with van der Waals surface area (Å²) in [6.07, 6.45) is 8.33. The molecule has 76 valence electrons. The van der Waals surface area contributed by atoms with Crippen molar-refractivity contribution in [3.63, 3.8) is 0 Å². The van der Waals surface area contributed by atoms with E-state index < -0.39 is 0 Å². The molecule has 3 nitrogen and oxygen atoms in total. The lowest BCUT2D eigenvalue weighted by molar-refractivity contribution is 0.727. The summed E-state index contributed by atoms with van der Waals surface area (Å²) in [5, 5.41) is 0. The second-order valence-electron chi connectivity index (χ2n) is 3.49. The van der Waals surface area contributed by atoms with Crippen molar-refractivity contribution in [1.82, 2.24) is 9.97 Å². The first kappa shape index (κ1) is 9.77. The van der Waals surface area contributed by atoms with Crippen molar-refractivity contribution in [3.05, 3.63) is 18.5 Å². The van der Waals surface area contributed by atoms with Crippen molar-refractivity contribution < 1.29 is 0 Å². The lowest BCUT2D eigenvalue weighted by Gasteiger charge is -2.23. The number of anilines is 1. The molecule has 14 heavy (non-hydrogen) atoms. The molecule has 0 N–H and O–H groups in total. The van der Waals surface area contributed by atoms with Crippen LogP contribution in [0, 0.1) is 0 Å². The van der Waals surface area contributed by atoms with Gasteiger partial charge in [-0.25, -0.2) is 9.97 Å². The number of hydrogen-bond acceptors (Lipinski definition) is 4. The molecule has 2 rings (SSSR count). The van der Waals surface area contributed by atoms with Gasteiger partial charge in [0.05, 0.1) is 0 Å². The number of thioether (sulfide) groups is 1. The minimum Gasteiger partial charge on any atom is -0.337 e. The van der Waals surface area contributed by atoms with E-state index in [1.54, 1.807) is 0 Å². The Kier molecular flexibility index (Phi) is 3.24. The maximum absolute atomic E-state index is 4.30. The lowest BCUT2D eigenvalue weighted by Crippen LogP contribution is -2.32. The Hall–Kier alpha value is -0.770. The van der Waals surface area contributed by atoms with E-state index in [9.17, 15) is 0 Å². The van der Waals surface area contributed by atoms with E-state index in [1.807, 2.05) is 30.2 Å². The second-order valence-corrected chi connectivity index (χ2v) is 4.40. The van der Waals surface area contributed by atoms with Crippen LogP contribution in [0.3, 0.4) is 0 Å². The standard InChI is InChI=1S/C10H15N3S/c1-14-8-9-4-2-7-13(9)10-11-5-3-6-12-10/h3,5-6,9H,2,4,7-8H2,1H3. The van der Waals surface area contributed by atoms with Crippen LogP contribution in [0.1, 0.15) is 12.8 Å². The Labute approximate surface area is 88.9 Å². The quantitative estimate of drug-likeness (QED) is 0.759. The van der Waals surface area contributed by atoms with E-state index in [1.165, 1.54) is 18.6 Å². The lowest BCUT2D eigenvalue weighted by atomic mass is 10.2. The summed E-state index contributed by atoms with van der Waals surface area (Å²) in [6.45, 7) is 1.11. The first-order chi connectivity index (χ1) is 6.92. The van der Waals surface area contributed by atoms with Crippen molar-refractivity contribution in [2.24, 2.45) is 0 Å². The van der Waals surface area contributed by atoms with Gasteiger partial charge in [0.1, 0.15) is 0 Å². The third kappa shape index (κ3) is 2.00. The summed E-state index contributed by atoms with van der Waals surface area (Å²) in [7, 11) is 0. The smallest absolute Gasteiger partial charge is 0.225 e. The van der Waals surface area contributed by atoms with E-state index in [4.69, 9.17) is 0 Å². The molecule has 0 spiro atoms. The Morgan fingerprint density at radius 2 is 2.29 bits per heavy atom. The van der Waals surface area contributed by atoms with E-state index in [-0.39, 0.29) is 0 Å². The highest BCUT2D eigenvalue weighted by molar-refractivity contribution is 7.98. The van der Waals surface area contributed by atoms with Crippen molar-refractivity contribution in [2.45, 2.75) is 18.9 Å². The van der Waals surface area contributed by atoms with E-state index in [2.05, 4.69) is 21.1 Å². The summed E-state index contributed by atoms with van der Waals surface area (Å²) in [6, 6.07) is 2.50. The zero-order valence-corrected chi connectivity index (χ0v) is 9.20. The molecule has 1 fully saturated rings. The minimum absolute atomic E-state index is 0.632. The highest BCUT2D eigenvalue weighted by Gasteiger charge is 2.25. The van der Waals surface area contributed by atoms with E-state index in [0.29, 0.717) is 6.04 Å². The summed E-state index contributed by atoms with van der Waals surface area (Å²) < 4.78 is 0. The number of nitrogens with zero attached hydrogens (tertiary/aromatic N) is 3. The Morgan fingerprint density at radius 3 is 3.00 bits per heavy atom. The molecule has 0 amide bonds. The summed E-state index contributed by atoms with van der Waals surface area (Å²) in [5.74, 6) is 2.07. The molecule has 1 unspecified atom stereocenters. The molecule has 1 aromatic heterocycles. The van der Waals surface area contributed by atoms with Crippen LogP contribution in [0.2, 0.25) is 0 Å². The van der Waals surface area contributed by atoms with Crippen molar-refractivity contribution in [3.8, 4) is 0 Å². The molecule has 0 bridgehead atoms. The van der Waals surface area contributed by atoms with Gasteiger partial charge in [0.2, 0.25) is 5.95 Å². The highest BCUT2D eigenvalue weighted by atomic mass is 32.2. The number of rotatable bonds is 3. The molecule has 0 radical (unpaired) electrons. The van der Waals surface area contributed by atoms with Crippen LogP contribution in [0.4, 0.5) is 5.95 Å². The molecular formula is C10H15N3S. The highest BCUT2D eigenvalue weighted by Crippen LogP contribution is 2.23. The van der Waals surface area contributed by atoms with Crippen LogP contribution in [0.5, 0.6) is 0 Å². The normalized spacial score (nSPS) is 21.5. The van der Waals surface area contributed by atoms with Gasteiger partial charge in [0.25, 0.3) is 0 Å². The first-order valence-corrected chi connectivity index (χ1v) is 6.34. The van der Waals surface area contributed by atoms with Crippen molar-refractivity contribution in [1.29, 1.82) is 0 Å². The minimum atomic E-state index is 0.632. The first-order valence-electron chi connectivity index (χ1n) is 4.94. The molecule has 1 aliphatic rings. The van der Waals surface area contributed by atoms with Gasteiger partial charge in [-0.1, -0.05) is 0 Å². The number of aromatic nitrogens is 2. The Balaban J connectivity index is 2.10. The Bertz CT molecular complexity index is 278. The van der Waals surface area contributed by atoms with Crippen LogP contribution in [0.15, 0.2) is 18.5 Å². The summed E-state index contributed by atoms with van der Waals surface area (Å²) in [5.41, 5.74) is 0. The third-order valence-electron chi connectivity index (χ3n) is 2.55. The van der Waals surface area contributed by atoms with Gasteiger partial charge >= 0.3 is 0 Å². The molecule has 4 heteroatoms. The monoisotopic (exact) mass is 209 g/mol. The molecule has 1 atom stereocenters. The Morgan fingerprint density at radius 1 is 1.50 bits per heavy atom. The van der Waals surface area contributed by atoms with Crippen molar-refractivity contribution >= 4 is 17.7 Å². The molecule has 2 heterocycles. The third-order valence-corrected chi connectivity index (χ3v) is 3.26.